The molecule has 0 saturated carbocycles. The molecular formula is C21H16ClN5OS2. The van der Waals surface area contributed by atoms with Crippen molar-refractivity contribution >= 4 is 55.2 Å². The Morgan fingerprint density at radius 3 is 2.67 bits per heavy atom. The SMILES string of the molecule is CCc1nnc2sc(-c3ccc(CNC(=O)c4sc5ccccc5c4Cl)cc3)nn12. The molecule has 0 spiro atoms. The molecule has 3 aromatic heterocycles. The Balaban J connectivity index is 1.30. The fraction of sp³-hybridized carbons (Fsp3) is 0.143. The Morgan fingerprint density at radius 1 is 1.10 bits per heavy atom. The minimum atomic E-state index is -0.161. The third-order valence-corrected chi connectivity index (χ3v) is 7.39. The van der Waals surface area contributed by atoms with Crippen molar-refractivity contribution in [3.8, 4) is 10.6 Å². The number of aryl methyl sites for hydroxylation is 1. The van der Waals surface area contributed by atoms with Gasteiger partial charge in [0.05, 0.1) is 5.02 Å². The van der Waals surface area contributed by atoms with E-state index in [1.54, 1.807) is 4.52 Å². The summed E-state index contributed by atoms with van der Waals surface area (Å²) in [5.41, 5.74) is 2.01. The number of nitrogens with zero attached hydrogens (tertiary/aromatic N) is 4. The molecule has 1 amide bonds. The van der Waals surface area contributed by atoms with Gasteiger partial charge in [-0.25, -0.2) is 0 Å². The molecule has 0 bridgehead atoms. The first-order valence-electron chi connectivity index (χ1n) is 9.39. The van der Waals surface area contributed by atoms with E-state index in [1.807, 2.05) is 55.5 Å². The highest BCUT2D eigenvalue weighted by Gasteiger charge is 2.17. The summed E-state index contributed by atoms with van der Waals surface area (Å²) in [4.78, 5) is 14.0. The van der Waals surface area contributed by atoms with Crippen LogP contribution in [0.3, 0.4) is 0 Å². The first kappa shape index (κ1) is 19.2. The zero-order chi connectivity index (χ0) is 20.7. The highest BCUT2D eigenvalue weighted by atomic mass is 35.5. The Morgan fingerprint density at radius 2 is 1.90 bits per heavy atom. The third-order valence-electron chi connectivity index (χ3n) is 4.77. The van der Waals surface area contributed by atoms with E-state index in [9.17, 15) is 4.79 Å². The first-order valence-corrected chi connectivity index (χ1v) is 11.4. The maximum atomic E-state index is 12.6. The summed E-state index contributed by atoms with van der Waals surface area (Å²) < 4.78 is 2.80. The van der Waals surface area contributed by atoms with Gasteiger partial charge in [0.15, 0.2) is 5.82 Å². The molecule has 1 N–H and O–H groups in total. The molecule has 30 heavy (non-hydrogen) atoms. The summed E-state index contributed by atoms with van der Waals surface area (Å²) >= 11 is 9.32. The average molecular weight is 454 g/mol. The maximum Gasteiger partial charge on any atom is 0.263 e. The van der Waals surface area contributed by atoms with Crippen LogP contribution in [0, 0.1) is 0 Å². The van der Waals surface area contributed by atoms with E-state index in [2.05, 4.69) is 20.6 Å². The summed E-state index contributed by atoms with van der Waals surface area (Å²) in [5.74, 6) is 0.692. The van der Waals surface area contributed by atoms with E-state index in [4.69, 9.17) is 11.6 Å². The smallest absolute Gasteiger partial charge is 0.263 e. The molecule has 0 aliphatic carbocycles. The molecule has 6 nitrogen and oxygen atoms in total. The molecule has 5 aromatic rings. The number of thiophene rings is 1. The molecule has 0 atom stereocenters. The molecule has 3 heterocycles. The second-order valence-electron chi connectivity index (χ2n) is 6.69. The minimum Gasteiger partial charge on any atom is -0.347 e. The number of amides is 1. The van der Waals surface area contributed by atoms with Gasteiger partial charge < -0.3 is 5.32 Å². The predicted molar refractivity (Wildman–Crippen MR) is 121 cm³/mol. The van der Waals surface area contributed by atoms with E-state index in [-0.39, 0.29) is 5.91 Å². The van der Waals surface area contributed by atoms with Crippen LogP contribution in [0.4, 0.5) is 0 Å². The van der Waals surface area contributed by atoms with E-state index in [0.717, 1.165) is 43.4 Å². The minimum absolute atomic E-state index is 0.161. The lowest BCUT2D eigenvalue weighted by Crippen LogP contribution is -2.22. The lowest BCUT2D eigenvalue weighted by molar-refractivity contribution is 0.0955. The van der Waals surface area contributed by atoms with Crippen molar-refractivity contribution < 1.29 is 4.79 Å². The number of halogens is 1. The number of hydrogen-bond donors (Lipinski definition) is 1. The summed E-state index contributed by atoms with van der Waals surface area (Å²) in [7, 11) is 0. The Bertz CT molecular complexity index is 1370. The number of hydrogen-bond acceptors (Lipinski definition) is 6. The van der Waals surface area contributed by atoms with Crippen LogP contribution in [0.25, 0.3) is 25.6 Å². The Kier molecular flexibility index (Phi) is 4.98. The molecule has 150 valence electrons. The highest BCUT2D eigenvalue weighted by molar-refractivity contribution is 7.21. The summed E-state index contributed by atoms with van der Waals surface area (Å²) in [6.07, 6.45) is 0.785. The Labute approximate surface area is 185 Å². The van der Waals surface area contributed by atoms with Crippen LogP contribution in [0.1, 0.15) is 28.0 Å². The second kappa shape index (κ2) is 7.79. The number of rotatable bonds is 5. The van der Waals surface area contributed by atoms with Gasteiger partial charge in [-0.3, -0.25) is 4.79 Å². The molecule has 5 rings (SSSR count). The molecule has 0 unspecified atom stereocenters. The van der Waals surface area contributed by atoms with Gasteiger partial charge in [0.2, 0.25) is 4.96 Å². The van der Waals surface area contributed by atoms with Gasteiger partial charge in [-0.05, 0) is 11.6 Å². The van der Waals surface area contributed by atoms with Crippen molar-refractivity contribution in [1.82, 2.24) is 25.1 Å². The van der Waals surface area contributed by atoms with Gasteiger partial charge in [-0.1, -0.05) is 72.3 Å². The van der Waals surface area contributed by atoms with E-state index >= 15 is 0 Å². The molecule has 0 aliphatic rings. The van der Waals surface area contributed by atoms with Gasteiger partial charge >= 0.3 is 0 Å². The van der Waals surface area contributed by atoms with Crippen molar-refractivity contribution in [2.75, 3.05) is 0 Å². The first-order chi connectivity index (χ1) is 14.6. The van der Waals surface area contributed by atoms with Crippen molar-refractivity contribution in [3.05, 3.63) is 69.8 Å². The maximum absolute atomic E-state index is 12.6. The largest absolute Gasteiger partial charge is 0.347 e. The molecule has 0 saturated heterocycles. The number of benzene rings is 2. The van der Waals surface area contributed by atoms with E-state index in [1.165, 1.54) is 22.7 Å². The zero-order valence-corrected chi connectivity index (χ0v) is 18.3. The van der Waals surface area contributed by atoms with Crippen LogP contribution in [0.2, 0.25) is 5.02 Å². The summed E-state index contributed by atoms with van der Waals surface area (Å²) in [6, 6.07) is 15.8. The van der Waals surface area contributed by atoms with Gasteiger partial charge in [-0.2, -0.15) is 9.61 Å². The van der Waals surface area contributed by atoms with Crippen LogP contribution in [0.5, 0.6) is 0 Å². The van der Waals surface area contributed by atoms with Crippen molar-refractivity contribution in [2.24, 2.45) is 0 Å². The highest BCUT2D eigenvalue weighted by Crippen LogP contribution is 2.35. The molecular weight excluding hydrogens is 438 g/mol. The fourth-order valence-corrected chi connectivity index (χ4v) is 5.48. The summed E-state index contributed by atoms with van der Waals surface area (Å²) in [5, 5.41) is 18.2. The van der Waals surface area contributed by atoms with Crippen LogP contribution in [-0.4, -0.2) is 25.7 Å². The van der Waals surface area contributed by atoms with Crippen LogP contribution >= 0.6 is 34.3 Å². The number of carbonyl (C=O) groups is 1. The number of aromatic nitrogens is 4. The van der Waals surface area contributed by atoms with E-state index in [0.29, 0.717) is 16.4 Å². The second-order valence-corrected chi connectivity index (χ2v) is 9.08. The normalized spacial score (nSPS) is 11.4. The lowest BCUT2D eigenvalue weighted by atomic mass is 10.1. The molecule has 0 fully saturated rings. The number of fused-ring (bicyclic) bond motifs is 2. The Hall–Kier alpha value is -2.81. The van der Waals surface area contributed by atoms with Gasteiger partial charge in [0.1, 0.15) is 9.88 Å². The van der Waals surface area contributed by atoms with Crippen molar-refractivity contribution in [3.63, 3.8) is 0 Å². The standard InChI is InChI=1S/C21H16ClN5OS2/c1-2-16-24-25-21-27(16)26-20(30-21)13-9-7-12(8-10-13)11-23-19(28)18-17(22)14-5-3-4-6-15(14)29-18/h3-10H,2,11H2,1H3,(H,23,28). The molecule has 0 aliphatic heterocycles. The van der Waals surface area contributed by atoms with Gasteiger partial charge in [-0.15, -0.1) is 21.5 Å². The zero-order valence-electron chi connectivity index (χ0n) is 15.9. The quantitative estimate of drug-likeness (QED) is 0.396. The predicted octanol–water partition coefficient (Wildman–Crippen LogP) is 5.21. The fourth-order valence-electron chi connectivity index (χ4n) is 3.18. The number of carbonyl (C=O) groups excluding carboxylic acids is 1. The van der Waals surface area contributed by atoms with Gasteiger partial charge in [0.25, 0.3) is 5.91 Å². The average Bonchev–Trinajstić information content (AvgIpc) is 3.45. The monoisotopic (exact) mass is 453 g/mol. The van der Waals surface area contributed by atoms with Crippen LogP contribution < -0.4 is 5.32 Å². The van der Waals surface area contributed by atoms with Crippen molar-refractivity contribution in [1.29, 1.82) is 0 Å². The molecule has 0 radical (unpaired) electrons. The summed E-state index contributed by atoms with van der Waals surface area (Å²) in [6.45, 7) is 2.46. The number of nitrogens with one attached hydrogen (secondary N) is 1. The molecule has 2 aromatic carbocycles. The molecule has 9 heteroatoms. The van der Waals surface area contributed by atoms with Crippen LogP contribution in [-0.2, 0) is 13.0 Å². The lowest BCUT2D eigenvalue weighted by Gasteiger charge is -2.05. The van der Waals surface area contributed by atoms with E-state index < -0.39 is 0 Å². The van der Waals surface area contributed by atoms with Crippen LogP contribution in [0.15, 0.2) is 48.5 Å². The van der Waals surface area contributed by atoms with Crippen molar-refractivity contribution in [2.45, 2.75) is 19.9 Å². The van der Waals surface area contributed by atoms with Gasteiger partial charge in [0, 0.05) is 28.6 Å². The topological polar surface area (TPSA) is 72.2 Å². The third kappa shape index (κ3) is 3.36.